The van der Waals surface area contributed by atoms with Gasteiger partial charge in [-0.15, -0.1) is 0 Å². The van der Waals surface area contributed by atoms with Gasteiger partial charge in [-0.1, -0.05) is 13.3 Å². The second-order valence-electron chi connectivity index (χ2n) is 4.33. The van der Waals surface area contributed by atoms with E-state index >= 15 is 0 Å². The minimum atomic E-state index is -4.59. The van der Waals surface area contributed by atoms with E-state index in [1.54, 1.807) is 0 Å². The number of benzene rings is 1. The van der Waals surface area contributed by atoms with E-state index in [0.717, 1.165) is 25.0 Å². The third-order valence-electron chi connectivity index (χ3n) is 2.66. The number of carboxylic acids is 1. The van der Waals surface area contributed by atoms with E-state index in [1.165, 1.54) is 0 Å². The molecule has 1 N–H and O–H groups in total. The molecule has 7 heteroatoms. The van der Waals surface area contributed by atoms with Crippen molar-refractivity contribution in [1.29, 1.82) is 0 Å². The van der Waals surface area contributed by atoms with E-state index in [2.05, 4.69) is 0 Å². The maximum atomic E-state index is 12.5. The number of carboxylic acid groups (broad SMARTS) is 1. The van der Waals surface area contributed by atoms with Crippen LogP contribution in [0.4, 0.5) is 13.2 Å². The van der Waals surface area contributed by atoms with Crippen LogP contribution in [0.5, 0.6) is 5.75 Å². The first kappa shape index (κ1) is 17.3. The van der Waals surface area contributed by atoms with Crippen LogP contribution in [-0.4, -0.2) is 30.9 Å². The van der Waals surface area contributed by atoms with Gasteiger partial charge in [-0.3, -0.25) is 0 Å². The lowest BCUT2D eigenvalue weighted by atomic mass is 10.1. The van der Waals surface area contributed by atoms with Gasteiger partial charge in [-0.05, 0) is 24.6 Å². The molecule has 0 radical (unpaired) electrons. The zero-order chi connectivity index (χ0) is 15.9. The molecule has 21 heavy (non-hydrogen) atoms. The Morgan fingerprint density at radius 2 is 1.95 bits per heavy atom. The molecule has 0 aromatic heterocycles. The summed E-state index contributed by atoms with van der Waals surface area (Å²) < 4.78 is 48.0. The Labute approximate surface area is 120 Å². The molecule has 0 fully saturated rings. The van der Waals surface area contributed by atoms with Gasteiger partial charge in [0, 0.05) is 6.61 Å². The Balaban J connectivity index is 2.67. The average Bonchev–Trinajstić information content (AvgIpc) is 2.41. The Hall–Kier alpha value is -1.76. The van der Waals surface area contributed by atoms with Crippen molar-refractivity contribution in [3.63, 3.8) is 0 Å². The Bertz CT molecular complexity index is 472. The molecule has 0 spiro atoms. The lowest BCUT2D eigenvalue weighted by Crippen LogP contribution is -2.12. The summed E-state index contributed by atoms with van der Waals surface area (Å²) in [4.78, 5) is 11.0. The van der Waals surface area contributed by atoms with Crippen LogP contribution in [0.25, 0.3) is 0 Å². The van der Waals surface area contributed by atoms with Crippen LogP contribution in [0, 0.1) is 0 Å². The summed E-state index contributed by atoms with van der Waals surface area (Å²) in [5.74, 6) is -1.57. The molecule has 0 saturated carbocycles. The molecule has 1 aromatic carbocycles. The van der Waals surface area contributed by atoms with Crippen molar-refractivity contribution >= 4 is 5.97 Å². The smallest absolute Gasteiger partial charge is 0.416 e. The van der Waals surface area contributed by atoms with Gasteiger partial charge in [0.05, 0.1) is 12.2 Å². The van der Waals surface area contributed by atoms with E-state index in [-0.39, 0.29) is 19.0 Å². The highest BCUT2D eigenvalue weighted by Gasteiger charge is 2.32. The van der Waals surface area contributed by atoms with Crippen LogP contribution in [0.1, 0.15) is 35.7 Å². The molecule has 0 bridgehead atoms. The van der Waals surface area contributed by atoms with Crippen molar-refractivity contribution in [2.75, 3.05) is 19.8 Å². The summed E-state index contributed by atoms with van der Waals surface area (Å²) in [6.45, 7) is 2.91. The summed E-state index contributed by atoms with van der Waals surface area (Å²) in [7, 11) is 0. The first-order valence-corrected chi connectivity index (χ1v) is 6.51. The fourth-order valence-electron chi connectivity index (χ4n) is 1.56. The topological polar surface area (TPSA) is 55.8 Å². The van der Waals surface area contributed by atoms with Gasteiger partial charge < -0.3 is 14.6 Å². The van der Waals surface area contributed by atoms with Crippen molar-refractivity contribution in [1.82, 2.24) is 0 Å². The zero-order valence-corrected chi connectivity index (χ0v) is 11.6. The molecule has 1 rings (SSSR count). The third kappa shape index (κ3) is 5.63. The second-order valence-corrected chi connectivity index (χ2v) is 4.33. The molecule has 0 heterocycles. The Kier molecular flexibility index (Phi) is 6.48. The molecule has 0 amide bonds. The second kappa shape index (κ2) is 7.87. The molecule has 0 aliphatic carbocycles. The minimum Gasteiger partial charge on any atom is -0.490 e. The number of alkyl halides is 3. The molecule has 4 nitrogen and oxygen atoms in total. The van der Waals surface area contributed by atoms with Crippen molar-refractivity contribution in [2.24, 2.45) is 0 Å². The summed E-state index contributed by atoms with van der Waals surface area (Å²) in [6, 6.07) is 2.37. The van der Waals surface area contributed by atoms with Crippen LogP contribution < -0.4 is 4.74 Å². The minimum absolute atomic E-state index is 0.0787. The zero-order valence-electron chi connectivity index (χ0n) is 11.6. The molecular weight excluding hydrogens is 289 g/mol. The largest absolute Gasteiger partial charge is 0.490 e. The number of hydrogen-bond donors (Lipinski definition) is 1. The van der Waals surface area contributed by atoms with Crippen LogP contribution in [0.15, 0.2) is 18.2 Å². The standard InChI is InChI=1S/C14H17F3O4/c1-2-3-6-20-7-8-21-12-5-4-10(14(15,16)17)9-11(12)13(18)19/h4-5,9H,2-3,6-8H2,1H3,(H,18,19). The van der Waals surface area contributed by atoms with E-state index < -0.39 is 23.3 Å². The lowest BCUT2D eigenvalue weighted by Gasteiger charge is -2.12. The maximum absolute atomic E-state index is 12.5. The normalized spacial score (nSPS) is 11.4. The summed E-state index contributed by atoms with van der Waals surface area (Å²) in [5, 5.41) is 8.95. The maximum Gasteiger partial charge on any atom is 0.416 e. The van der Waals surface area contributed by atoms with E-state index in [4.69, 9.17) is 14.6 Å². The first-order chi connectivity index (χ1) is 9.86. The summed E-state index contributed by atoms with van der Waals surface area (Å²) in [6.07, 6.45) is -2.70. The number of unbranched alkanes of at least 4 members (excludes halogenated alkanes) is 1. The molecule has 0 unspecified atom stereocenters. The highest BCUT2D eigenvalue weighted by molar-refractivity contribution is 5.91. The van der Waals surface area contributed by atoms with Crippen molar-refractivity contribution in [2.45, 2.75) is 25.9 Å². The number of hydrogen-bond acceptors (Lipinski definition) is 3. The van der Waals surface area contributed by atoms with E-state index in [9.17, 15) is 18.0 Å². The highest BCUT2D eigenvalue weighted by atomic mass is 19.4. The predicted octanol–water partition coefficient (Wildman–Crippen LogP) is 3.60. The molecule has 0 aliphatic heterocycles. The van der Waals surface area contributed by atoms with Gasteiger partial charge in [0.2, 0.25) is 0 Å². The van der Waals surface area contributed by atoms with Crippen molar-refractivity contribution in [3.8, 4) is 5.75 Å². The molecule has 0 aliphatic rings. The highest BCUT2D eigenvalue weighted by Crippen LogP contribution is 2.32. The number of carbonyl (C=O) groups is 1. The van der Waals surface area contributed by atoms with Gasteiger partial charge in [0.15, 0.2) is 0 Å². The number of halogens is 3. The molecule has 0 saturated heterocycles. The van der Waals surface area contributed by atoms with Crippen LogP contribution >= 0.6 is 0 Å². The average molecular weight is 306 g/mol. The van der Waals surface area contributed by atoms with Crippen LogP contribution in [0.3, 0.4) is 0 Å². The first-order valence-electron chi connectivity index (χ1n) is 6.51. The van der Waals surface area contributed by atoms with E-state index in [0.29, 0.717) is 12.7 Å². The van der Waals surface area contributed by atoms with Gasteiger partial charge in [-0.25, -0.2) is 4.79 Å². The van der Waals surface area contributed by atoms with Crippen molar-refractivity contribution in [3.05, 3.63) is 29.3 Å². The molecule has 1 aromatic rings. The van der Waals surface area contributed by atoms with E-state index in [1.807, 2.05) is 6.92 Å². The fraction of sp³-hybridized carbons (Fsp3) is 0.500. The molecule has 0 atom stereocenters. The summed E-state index contributed by atoms with van der Waals surface area (Å²) in [5.41, 5.74) is -1.54. The predicted molar refractivity (Wildman–Crippen MR) is 69.6 cm³/mol. The Morgan fingerprint density at radius 3 is 2.52 bits per heavy atom. The Morgan fingerprint density at radius 1 is 1.24 bits per heavy atom. The number of aromatic carboxylic acids is 1. The van der Waals surface area contributed by atoms with Gasteiger partial charge in [0.25, 0.3) is 0 Å². The SMILES string of the molecule is CCCCOCCOc1ccc(C(F)(F)F)cc1C(=O)O. The van der Waals surface area contributed by atoms with Gasteiger partial charge in [0.1, 0.15) is 17.9 Å². The van der Waals surface area contributed by atoms with Crippen LogP contribution in [0.2, 0.25) is 0 Å². The number of rotatable bonds is 8. The quantitative estimate of drug-likeness (QED) is 0.746. The summed E-state index contributed by atoms with van der Waals surface area (Å²) >= 11 is 0. The van der Waals surface area contributed by atoms with Crippen LogP contribution in [-0.2, 0) is 10.9 Å². The number of ether oxygens (including phenoxy) is 2. The monoisotopic (exact) mass is 306 g/mol. The van der Waals surface area contributed by atoms with Crippen molar-refractivity contribution < 1.29 is 32.5 Å². The van der Waals surface area contributed by atoms with Gasteiger partial charge >= 0.3 is 12.1 Å². The van der Waals surface area contributed by atoms with Gasteiger partial charge in [-0.2, -0.15) is 13.2 Å². The molecular formula is C14H17F3O4. The fourth-order valence-corrected chi connectivity index (χ4v) is 1.56. The third-order valence-corrected chi connectivity index (χ3v) is 2.66. The molecule has 118 valence electrons. The lowest BCUT2D eigenvalue weighted by molar-refractivity contribution is -0.137.